The molecule has 0 fully saturated rings. The van der Waals surface area contributed by atoms with Gasteiger partial charge < -0.3 is 16.8 Å². The fourth-order valence-electron chi connectivity index (χ4n) is 1.59. The molecule has 0 unspecified atom stereocenters. The number of carbonyl (C=O) groups is 1. The summed E-state index contributed by atoms with van der Waals surface area (Å²) in [5.41, 5.74) is 11.1. The third-order valence-corrected chi connectivity index (χ3v) is 3.06. The number of nitrogens with two attached hydrogens (primary N) is 2. The topological polar surface area (TPSA) is 107 Å². The van der Waals surface area contributed by atoms with E-state index in [0.717, 1.165) is 12.8 Å². The van der Waals surface area contributed by atoms with Crippen LogP contribution in [0.5, 0.6) is 0 Å². The number of carbonyl (C=O) groups excluding carboxylic acids is 1. The molecule has 110 valence electrons. The predicted octanol–water partition coefficient (Wildman–Crippen LogP) is 1.15. The Morgan fingerprint density at radius 2 is 1.79 bits per heavy atom. The summed E-state index contributed by atoms with van der Waals surface area (Å²) in [6.07, 6.45) is 4.40. The first-order chi connectivity index (χ1) is 8.08. The molecule has 8 heteroatoms. The summed E-state index contributed by atoms with van der Waals surface area (Å²) in [6.45, 7) is 4.35. The van der Waals surface area contributed by atoms with Gasteiger partial charge in [-0.3, -0.25) is 4.79 Å². The van der Waals surface area contributed by atoms with Crippen LogP contribution in [-0.4, -0.2) is 28.0 Å². The standard InChI is InChI=1S/C11H19N5O.2ClH/c1-3-11(4-2,7-12)16-10(17)8-9(13)15-6-5-14-8;;/h5-6H,3-4,7,12H2,1-2H3,(H2,13,15)(H,16,17);2*1H. The third kappa shape index (κ3) is 4.81. The molecule has 0 atom stereocenters. The molecule has 5 N–H and O–H groups in total. The van der Waals surface area contributed by atoms with Crippen LogP contribution in [-0.2, 0) is 0 Å². The molecule has 0 aromatic carbocycles. The number of hydrogen-bond donors (Lipinski definition) is 3. The maximum atomic E-state index is 12.0. The minimum absolute atomic E-state index is 0. The van der Waals surface area contributed by atoms with E-state index in [1.54, 1.807) is 0 Å². The quantitative estimate of drug-likeness (QED) is 0.756. The molecule has 0 radical (unpaired) electrons. The largest absolute Gasteiger partial charge is 0.382 e. The highest BCUT2D eigenvalue weighted by Gasteiger charge is 2.28. The Morgan fingerprint density at radius 1 is 1.26 bits per heavy atom. The van der Waals surface area contributed by atoms with Crippen molar-refractivity contribution in [3.8, 4) is 0 Å². The van der Waals surface area contributed by atoms with Gasteiger partial charge in [0.1, 0.15) is 0 Å². The van der Waals surface area contributed by atoms with Gasteiger partial charge in [-0.25, -0.2) is 9.97 Å². The van der Waals surface area contributed by atoms with Crippen molar-refractivity contribution >= 4 is 36.5 Å². The Hall–Kier alpha value is -1.11. The minimum Gasteiger partial charge on any atom is -0.382 e. The average Bonchev–Trinajstić information content (AvgIpc) is 2.36. The highest BCUT2D eigenvalue weighted by atomic mass is 35.5. The van der Waals surface area contributed by atoms with Crippen molar-refractivity contribution in [2.75, 3.05) is 12.3 Å². The van der Waals surface area contributed by atoms with E-state index in [1.165, 1.54) is 12.4 Å². The van der Waals surface area contributed by atoms with E-state index in [4.69, 9.17) is 11.5 Å². The number of rotatable bonds is 5. The molecule has 1 amide bonds. The molecular weight excluding hydrogens is 289 g/mol. The number of hydrogen-bond acceptors (Lipinski definition) is 5. The summed E-state index contributed by atoms with van der Waals surface area (Å²) in [4.78, 5) is 19.8. The summed E-state index contributed by atoms with van der Waals surface area (Å²) in [7, 11) is 0. The van der Waals surface area contributed by atoms with E-state index in [-0.39, 0.29) is 42.2 Å². The Balaban J connectivity index is 0. The molecule has 0 spiro atoms. The molecule has 0 aliphatic carbocycles. The zero-order chi connectivity index (χ0) is 12.9. The van der Waals surface area contributed by atoms with Crippen molar-refractivity contribution < 1.29 is 4.79 Å². The van der Waals surface area contributed by atoms with Gasteiger partial charge in [0.05, 0.1) is 5.54 Å². The van der Waals surface area contributed by atoms with E-state index < -0.39 is 5.54 Å². The van der Waals surface area contributed by atoms with Gasteiger partial charge in [-0.2, -0.15) is 0 Å². The first-order valence-corrected chi connectivity index (χ1v) is 5.67. The SMILES string of the molecule is CCC(CC)(CN)NC(=O)c1nccnc1N.Cl.Cl. The number of nitrogens with zero attached hydrogens (tertiary/aromatic N) is 2. The molecule has 6 nitrogen and oxygen atoms in total. The number of nitrogens with one attached hydrogen (secondary N) is 1. The van der Waals surface area contributed by atoms with E-state index in [0.29, 0.717) is 6.54 Å². The molecule has 0 bridgehead atoms. The normalized spacial score (nSPS) is 10.1. The number of amides is 1. The van der Waals surface area contributed by atoms with E-state index >= 15 is 0 Å². The molecule has 1 rings (SSSR count). The monoisotopic (exact) mass is 309 g/mol. The molecule has 1 aromatic heterocycles. The maximum Gasteiger partial charge on any atom is 0.274 e. The first kappa shape index (κ1) is 20.2. The fraction of sp³-hybridized carbons (Fsp3) is 0.545. The van der Waals surface area contributed by atoms with Gasteiger partial charge in [0, 0.05) is 18.9 Å². The van der Waals surface area contributed by atoms with Crippen LogP contribution >= 0.6 is 24.8 Å². The molecular formula is C11H21Cl2N5O. The average molecular weight is 310 g/mol. The second-order valence-corrected chi connectivity index (χ2v) is 3.94. The van der Waals surface area contributed by atoms with Gasteiger partial charge in [0.25, 0.3) is 5.91 Å². The zero-order valence-corrected chi connectivity index (χ0v) is 12.7. The van der Waals surface area contributed by atoms with Crippen molar-refractivity contribution in [1.29, 1.82) is 0 Å². The van der Waals surface area contributed by atoms with Gasteiger partial charge in [-0.15, -0.1) is 24.8 Å². The molecule has 0 saturated heterocycles. The van der Waals surface area contributed by atoms with Crippen LogP contribution in [0.3, 0.4) is 0 Å². The number of halogens is 2. The van der Waals surface area contributed by atoms with Crippen LogP contribution in [0.1, 0.15) is 37.2 Å². The van der Waals surface area contributed by atoms with Gasteiger partial charge >= 0.3 is 0 Å². The lowest BCUT2D eigenvalue weighted by Crippen LogP contribution is -2.53. The van der Waals surface area contributed by atoms with E-state index in [1.807, 2.05) is 13.8 Å². The maximum absolute atomic E-state index is 12.0. The second kappa shape index (κ2) is 8.90. The molecule has 0 aliphatic heterocycles. The van der Waals surface area contributed by atoms with Gasteiger partial charge in [-0.1, -0.05) is 13.8 Å². The summed E-state index contributed by atoms with van der Waals surface area (Å²) in [5, 5.41) is 2.89. The molecule has 19 heavy (non-hydrogen) atoms. The molecule has 0 saturated carbocycles. The number of nitrogen functional groups attached to an aromatic ring is 1. The van der Waals surface area contributed by atoms with E-state index in [9.17, 15) is 4.79 Å². The van der Waals surface area contributed by atoms with Crippen molar-refractivity contribution in [2.45, 2.75) is 32.2 Å². The van der Waals surface area contributed by atoms with Crippen LogP contribution in [0.2, 0.25) is 0 Å². The molecule has 0 aliphatic rings. The third-order valence-electron chi connectivity index (χ3n) is 3.06. The lowest BCUT2D eigenvalue weighted by atomic mass is 9.93. The smallest absolute Gasteiger partial charge is 0.274 e. The Labute approximate surface area is 125 Å². The second-order valence-electron chi connectivity index (χ2n) is 3.94. The Bertz CT molecular complexity index is 390. The van der Waals surface area contributed by atoms with Crippen LogP contribution in [0, 0.1) is 0 Å². The lowest BCUT2D eigenvalue weighted by molar-refractivity contribution is 0.0891. The van der Waals surface area contributed by atoms with Crippen molar-refractivity contribution in [1.82, 2.24) is 15.3 Å². The number of aromatic nitrogens is 2. The van der Waals surface area contributed by atoms with Crippen molar-refractivity contribution in [3.05, 3.63) is 18.1 Å². The summed E-state index contributed by atoms with van der Waals surface area (Å²) in [6, 6.07) is 0. The highest BCUT2D eigenvalue weighted by molar-refractivity contribution is 5.96. The van der Waals surface area contributed by atoms with Crippen molar-refractivity contribution in [2.24, 2.45) is 5.73 Å². The summed E-state index contributed by atoms with van der Waals surface area (Å²) in [5.74, 6) is -0.201. The molecule has 1 heterocycles. The van der Waals surface area contributed by atoms with Gasteiger partial charge in [0.15, 0.2) is 11.5 Å². The Kier molecular flexibility index (Phi) is 9.47. The molecule has 1 aromatic rings. The summed E-state index contributed by atoms with van der Waals surface area (Å²) < 4.78 is 0. The lowest BCUT2D eigenvalue weighted by Gasteiger charge is -2.31. The van der Waals surface area contributed by atoms with Gasteiger partial charge in [-0.05, 0) is 12.8 Å². The van der Waals surface area contributed by atoms with Gasteiger partial charge in [0.2, 0.25) is 0 Å². The zero-order valence-electron chi connectivity index (χ0n) is 11.0. The van der Waals surface area contributed by atoms with Crippen LogP contribution in [0.15, 0.2) is 12.4 Å². The fourth-order valence-corrected chi connectivity index (χ4v) is 1.59. The predicted molar refractivity (Wildman–Crippen MR) is 80.8 cm³/mol. The Morgan fingerprint density at radius 3 is 2.21 bits per heavy atom. The first-order valence-electron chi connectivity index (χ1n) is 5.67. The van der Waals surface area contributed by atoms with Crippen LogP contribution < -0.4 is 16.8 Å². The van der Waals surface area contributed by atoms with Crippen LogP contribution in [0.4, 0.5) is 5.82 Å². The highest BCUT2D eigenvalue weighted by Crippen LogP contribution is 2.15. The summed E-state index contributed by atoms with van der Waals surface area (Å²) >= 11 is 0. The number of anilines is 1. The minimum atomic E-state index is -0.402. The van der Waals surface area contributed by atoms with Crippen LogP contribution in [0.25, 0.3) is 0 Å². The van der Waals surface area contributed by atoms with Crippen molar-refractivity contribution in [3.63, 3.8) is 0 Å². The van der Waals surface area contributed by atoms with E-state index in [2.05, 4.69) is 15.3 Å².